The van der Waals surface area contributed by atoms with E-state index < -0.39 is 23.6 Å². The van der Waals surface area contributed by atoms with Gasteiger partial charge < -0.3 is 20.7 Å². The van der Waals surface area contributed by atoms with Crippen molar-refractivity contribution in [3.05, 3.63) is 23.5 Å². The molecule has 0 amide bonds. The Labute approximate surface area is 84.9 Å². The van der Waals surface area contributed by atoms with Crippen LogP contribution < -0.4 is 10.5 Å². The lowest BCUT2D eigenvalue weighted by Crippen LogP contribution is -2.21. The van der Waals surface area contributed by atoms with Gasteiger partial charge in [0, 0.05) is 5.56 Å². The van der Waals surface area contributed by atoms with Crippen LogP contribution in [0.15, 0.2) is 12.1 Å². The summed E-state index contributed by atoms with van der Waals surface area (Å²) in [5.41, 5.74) is 4.92. The average molecular weight is 215 g/mol. The summed E-state index contributed by atoms with van der Waals surface area (Å²) in [6.45, 7) is 0. The van der Waals surface area contributed by atoms with Crippen LogP contribution in [0.4, 0.5) is 4.39 Å². The summed E-state index contributed by atoms with van der Waals surface area (Å²) >= 11 is 0. The van der Waals surface area contributed by atoms with Crippen molar-refractivity contribution in [2.45, 2.75) is 6.04 Å². The van der Waals surface area contributed by atoms with E-state index in [0.29, 0.717) is 0 Å². The topological polar surface area (TPSA) is 92.8 Å². The molecule has 15 heavy (non-hydrogen) atoms. The van der Waals surface area contributed by atoms with Crippen LogP contribution in [0.5, 0.6) is 11.5 Å². The highest BCUT2D eigenvalue weighted by Crippen LogP contribution is 2.32. The van der Waals surface area contributed by atoms with Crippen LogP contribution in [0.1, 0.15) is 11.6 Å². The Balaban J connectivity index is 3.23. The molecule has 0 saturated heterocycles. The van der Waals surface area contributed by atoms with E-state index in [9.17, 15) is 14.3 Å². The van der Waals surface area contributed by atoms with Gasteiger partial charge in [-0.15, -0.1) is 0 Å². The molecule has 1 aromatic rings. The molecule has 82 valence electrons. The van der Waals surface area contributed by atoms with Gasteiger partial charge in [0.1, 0.15) is 6.04 Å². The molecule has 4 N–H and O–H groups in total. The number of methoxy groups -OCH3 is 1. The van der Waals surface area contributed by atoms with E-state index >= 15 is 0 Å². The summed E-state index contributed by atoms with van der Waals surface area (Å²) in [6.07, 6.45) is 0. The number of rotatable bonds is 3. The highest BCUT2D eigenvalue weighted by Gasteiger charge is 2.22. The number of aromatic hydroxyl groups is 1. The van der Waals surface area contributed by atoms with Gasteiger partial charge in [-0.1, -0.05) is 0 Å². The second-order valence-electron chi connectivity index (χ2n) is 2.84. The van der Waals surface area contributed by atoms with Crippen LogP contribution in [-0.4, -0.2) is 23.3 Å². The minimum absolute atomic E-state index is 0.0751. The number of hydrogen-bond acceptors (Lipinski definition) is 4. The van der Waals surface area contributed by atoms with Crippen LogP contribution in [0.25, 0.3) is 0 Å². The van der Waals surface area contributed by atoms with Gasteiger partial charge in [0.05, 0.1) is 7.11 Å². The standard InChI is InChI=1S/C9H10FNO4/c1-15-5-3-2-4(6(10)8(5)12)7(11)9(13)14/h2-3,7,12H,11H2,1H3,(H,13,14). The Morgan fingerprint density at radius 3 is 2.67 bits per heavy atom. The lowest BCUT2D eigenvalue weighted by Gasteiger charge is -2.11. The van der Waals surface area contributed by atoms with Crippen LogP contribution in [0.2, 0.25) is 0 Å². The number of phenols is 1. The fraction of sp³-hybridized carbons (Fsp3) is 0.222. The van der Waals surface area contributed by atoms with E-state index in [1.54, 1.807) is 0 Å². The molecule has 1 atom stereocenters. The maximum atomic E-state index is 13.4. The summed E-state index contributed by atoms with van der Waals surface area (Å²) in [7, 11) is 1.26. The molecule has 0 heterocycles. The van der Waals surface area contributed by atoms with E-state index in [4.69, 9.17) is 10.8 Å². The van der Waals surface area contributed by atoms with E-state index in [-0.39, 0.29) is 11.3 Å². The number of halogens is 1. The predicted octanol–water partition coefficient (Wildman–Crippen LogP) is 0.624. The maximum absolute atomic E-state index is 13.4. The average Bonchev–Trinajstić information content (AvgIpc) is 2.21. The number of benzene rings is 1. The Hall–Kier alpha value is -1.82. The number of nitrogens with two attached hydrogens (primary N) is 1. The molecule has 0 aliphatic carbocycles. The predicted molar refractivity (Wildman–Crippen MR) is 49.2 cm³/mol. The highest BCUT2D eigenvalue weighted by molar-refractivity contribution is 5.75. The van der Waals surface area contributed by atoms with E-state index in [0.717, 1.165) is 6.07 Å². The van der Waals surface area contributed by atoms with Gasteiger partial charge in [0.15, 0.2) is 17.3 Å². The Morgan fingerprint density at radius 1 is 1.60 bits per heavy atom. The molecule has 0 aromatic heterocycles. The molecule has 0 radical (unpaired) electrons. The zero-order valence-electron chi connectivity index (χ0n) is 7.90. The van der Waals surface area contributed by atoms with Gasteiger partial charge in [0.25, 0.3) is 0 Å². The molecule has 5 nitrogen and oxygen atoms in total. The van der Waals surface area contributed by atoms with Crippen molar-refractivity contribution in [2.75, 3.05) is 7.11 Å². The van der Waals surface area contributed by atoms with Crippen LogP contribution in [0, 0.1) is 5.82 Å². The quantitative estimate of drug-likeness (QED) is 0.687. The van der Waals surface area contributed by atoms with Gasteiger partial charge in [-0.05, 0) is 12.1 Å². The summed E-state index contributed by atoms with van der Waals surface area (Å²) in [4.78, 5) is 10.5. The number of carboxylic acid groups (broad SMARTS) is 1. The maximum Gasteiger partial charge on any atom is 0.325 e. The first-order valence-electron chi connectivity index (χ1n) is 4.02. The van der Waals surface area contributed by atoms with Gasteiger partial charge in [-0.3, -0.25) is 4.79 Å². The Kier molecular flexibility index (Phi) is 3.11. The molecule has 1 unspecified atom stereocenters. The van der Waals surface area contributed by atoms with Gasteiger partial charge >= 0.3 is 5.97 Å². The number of carbonyl (C=O) groups is 1. The molecule has 6 heteroatoms. The number of aliphatic carboxylic acids is 1. The van der Waals surface area contributed by atoms with E-state index in [2.05, 4.69) is 4.74 Å². The van der Waals surface area contributed by atoms with Crippen molar-refractivity contribution >= 4 is 5.97 Å². The first kappa shape index (κ1) is 11.3. The molecule has 0 spiro atoms. The smallest absolute Gasteiger partial charge is 0.325 e. The monoisotopic (exact) mass is 215 g/mol. The summed E-state index contributed by atoms with van der Waals surface area (Å²) in [6, 6.07) is 0.894. The second kappa shape index (κ2) is 4.14. The van der Waals surface area contributed by atoms with Crippen molar-refractivity contribution in [3.8, 4) is 11.5 Å². The number of phenolic OH excluding ortho intramolecular Hbond substituents is 1. The van der Waals surface area contributed by atoms with E-state index in [1.807, 2.05) is 0 Å². The van der Waals surface area contributed by atoms with Crippen LogP contribution in [0.3, 0.4) is 0 Å². The lowest BCUT2D eigenvalue weighted by molar-refractivity contribution is -0.138. The second-order valence-corrected chi connectivity index (χ2v) is 2.84. The van der Waals surface area contributed by atoms with Crippen molar-refractivity contribution < 1.29 is 24.1 Å². The fourth-order valence-corrected chi connectivity index (χ4v) is 1.10. The molecule has 1 rings (SSSR count). The minimum atomic E-state index is -1.51. The molecule has 0 bridgehead atoms. The lowest BCUT2D eigenvalue weighted by atomic mass is 10.1. The minimum Gasteiger partial charge on any atom is -0.502 e. The summed E-state index contributed by atoms with van der Waals surface area (Å²) in [5, 5.41) is 17.8. The summed E-state index contributed by atoms with van der Waals surface area (Å²) in [5.74, 6) is -3.27. The molecule has 0 fully saturated rings. The Bertz CT molecular complexity index is 394. The fourth-order valence-electron chi connectivity index (χ4n) is 1.10. The van der Waals surface area contributed by atoms with Crippen molar-refractivity contribution in [2.24, 2.45) is 5.73 Å². The zero-order valence-corrected chi connectivity index (χ0v) is 7.90. The van der Waals surface area contributed by atoms with Crippen molar-refractivity contribution in [1.82, 2.24) is 0 Å². The normalized spacial score (nSPS) is 12.2. The Morgan fingerprint density at radius 2 is 2.20 bits per heavy atom. The van der Waals surface area contributed by atoms with Crippen molar-refractivity contribution in [3.63, 3.8) is 0 Å². The first-order chi connectivity index (χ1) is 6.99. The molecular formula is C9H10FNO4. The van der Waals surface area contributed by atoms with Gasteiger partial charge in [-0.25, -0.2) is 4.39 Å². The third kappa shape index (κ3) is 1.99. The third-order valence-corrected chi connectivity index (χ3v) is 1.93. The van der Waals surface area contributed by atoms with Gasteiger partial charge in [0.2, 0.25) is 0 Å². The number of carboxylic acids is 1. The third-order valence-electron chi connectivity index (χ3n) is 1.93. The largest absolute Gasteiger partial charge is 0.502 e. The highest BCUT2D eigenvalue weighted by atomic mass is 19.1. The van der Waals surface area contributed by atoms with Crippen molar-refractivity contribution in [1.29, 1.82) is 0 Å². The molecule has 0 aliphatic rings. The van der Waals surface area contributed by atoms with Crippen LogP contribution in [-0.2, 0) is 4.79 Å². The van der Waals surface area contributed by atoms with Crippen LogP contribution >= 0.6 is 0 Å². The zero-order chi connectivity index (χ0) is 11.6. The number of ether oxygens (including phenoxy) is 1. The van der Waals surface area contributed by atoms with Gasteiger partial charge in [-0.2, -0.15) is 0 Å². The van der Waals surface area contributed by atoms with E-state index in [1.165, 1.54) is 13.2 Å². The summed E-state index contributed by atoms with van der Waals surface area (Å²) < 4.78 is 18.0. The SMILES string of the molecule is COc1ccc(C(N)C(=O)O)c(F)c1O. The molecular weight excluding hydrogens is 205 g/mol. The molecule has 0 aliphatic heterocycles. The molecule has 0 saturated carbocycles. The first-order valence-corrected chi connectivity index (χ1v) is 4.02. The number of hydrogen-bond donors (Lipinski definition) is 3. The molecule has 1 aromatic carbocycles.